The zero-order valence-electron chi connectivity index (χ0n) is 26.0. The zero-order valence-corrected chi connectivity index (χ0v) is 26.0. The van der Waals surface area contributed by atoms with E-state index in [0.717, 1.165) is 55.4 Å². The van der Waals surface area contributed by atoms with Crippen LogP contribution >= 0.6 is 0 Å². The van der Waals surface area contributed by atoms with E-state index >= 15 is 0 Å². The number of fused-ring (bicyclic) bond motifs is 6. The minimum atomic E-state index is 0.840. The molecule has 0 radical (unpaired) electrons. The second-order valence-corrected chi connectivity index (χ2v) is 12.4. The number of benzene rings is 8. The van der Waals surface area contributed by atoms with Crippen LogP contribution in [0.4, 0.5) is 0 Å². The molecule has 48 heavy (non-hydrogen) atoms. The molecule has 0 bridgehead atoms. The molecule has 0 fully saturated rings. The molecule has 0 atom stereocenters. The van der Waals surface area contributed by atoms with Gasteiger partial charge in [-0.2, -0.15) is 0 Å². The van der Waals surface area contributed by atoms with Gasteiger partial charge in [-0.1, -0.05) is 152 Å². The molecule has 2 heteroatoms. The number of hydrogen-bond acceptors (Lipinski definition) is 2. The Kier molecular flexibility index (Phi) is 5.91. The second-order valence-electron chi connectivity index (χ2n) is 12.4. The summed E-state index contributed by atoms with van der Waals surface area (Å²) in [6, 6.07) is 60.1. The van der Waals surface area contributed by atoms with Crippen molar-refractivity contribution in [3.63, 3.8) is 0 Å². The average molecular weight is 613 g/mol. The molecule has 0 unspecified atom stereocenters. The molecule has 0 amide bonds. The van der Waals surface area contributed by atoms with Crippen molar-refractivity contribution >= 4 is 54.5 Å². The molecular weight excluding hydrogens is 585 g/mol. The lowest BCUT2D eigenvalue weighted by Crippen LogP contribution is -1.92. The van der Waals surface area contributed by atoms with E-state index in [1.54, 1.807) is 0 Å². The third kappa shape index (κ3) is 4.06. The van der Waals surface area contributed by atoms with Gasteiger partial charge in [-0.3, -0.25) is 0 Å². The fraction of sp³-hybridized carbons (Fsp3) is 0. The minimum Gasteiger partial charge on any atom is -0.456 e. The number of furan rings is 2. The standard InChI is InChI=1S/C46H28O2/c1-3-13-29(14-4-1)30-23-25-32(26-24-30)43-34-18-7-9-20-36(34)44(37-21-10-8-19-35(37)43)45-39-28-41(31-15-5-2-6-16-31)47-42(39)27-38-33-17-11-12-22-40(33)48-46(38)45/h1-28H. The molecular formula is C46H28O2. The summed E-state index contributed by atoms with van der Waals surface area (Å²) in [6.45, 7) is 0. The van der Waals surface area contributed by atoms with Gasteiger partial charge in [0.05, 0.1) is 0 Å². The molecule has 0 spiro atoms. The van der Waals surface area contributed by atoms with Gasteiger partial charge in [0.1, 0.15) is 22.5 Å². The molecule has 2 aromatic heterocycles. The first kappa shape index (κ1) is 26.8. The van der Waals surface area contributed by atoms with E-state index in [1.807, 2.05) is 12.1 Å². The molecule has 0 N–H and O–H groups in total. The van der Waals surface area contributed by atoms with Crippen molar-refractivity contribution in [1.29, 1.82) is 0 Å². The van der Waals surface area contributed by atoms with E-state index in [2.05, 4.69) is 158 Å². The highest BCUT2D eigenvalue weighted by atomic mass is 16.3. The van der Waals surface area contributed by atoms with Gasteiger partial charge in [0.25, 0.3) is 0 Å². The Balaban J connectivity index is 1.32. The lowest BCUT2D eigenvalue weighted by atomic mass is 9.84. The summed E-state index contributed by atoms with van der Waals surface area (Å²) in [6.07, 6.45) is 0. The molecule has 2 heterocycles. The Morgan fingerprint density at radius 2 is 0.771 bits per heavy atom. The maximum atomic E-state index is 6.79. The van der Waals surface area contributed by atoms with Crippen LogP contribution in [0, 0.1) is 0 Å². The zero-order chi connectivity index (χ0) is 31.6. The van der Waals surface area contributed by atoms with Crippen LogP contribution in [-0.2, 0) is 0 Å². The van der Waals surface area contributed by atoms with E-state index in [1.165, 1.54) is 43.8 Å². The van der Waals surface area contributed by atoms with Crippen molar-refractivity contribution in [2.45, 2.75) is 0 Å². The maximum Gasteiger partial charge on any atom is 0.144 e. The summed E-state index contributed by atoms with van der Waals surface area (Å²) >= 11 is 0. The van der Waals surface area contributed by atoms with Gasteiger partial charge in [-0.25, -0.2) is 0 Å². The Hall–Kier alpha value is -6.38. The summed E-state index contributed by atoms with van der Waals surface area (Å²) in [5, 5.41) is 7.92. The summed E-state index contributed by atoms with van der Waals surface area (Å²) in [4.78, 5) is 0. The lowest BCUT2D eigenvalue weighted by Gasteiger charge is -2.18. The van der Waals surface area contributed by atoms with Crippen molar-refractivity contribution < 1.29 is 8.83 Å². The molecule has 224 valence electrons. The fourth-order valence-electron chi connectivity index (χ4n) is 7.52. The maximum absolute atomic E-state index is 6.79. The number of hydrogen-bond donors (Lipinski definition) is 0. The molecule has 8 aromatic carbocycles. The topological polar surface area (TPSA) is 26.3 Å². The van der Waals surface area contributed by atoms with E-state index in [-0.39, 0.29) is 0 Å². The van der Waals surface area contributed by atoms with Crippen LogP contribution in [0.15, 0.2) is 179 Å². The van der Waals surface area contributed by atoms with Gasteiger partial charge in [-0.15, -0.1) is 0 Å². The number of para-hydroxylation sites is 1. The molecule has 0 aliphatic heterocycles. The van der Waals surface area contributed by atoms with E-state index in [0.29, 0.717) is 0 Å². The lowest BCUT2D eigenvalue weighted by molar-refractivity contribution is 0.631. The first-order valence-electron chi connectivity index (χ1n) is 16.3. The summed E-state index contributed by atoms with van der Waals surface area (Å²) < 4.78 is 13.5. The summed E-state index contributed by atoms with van der Waals surface area (Å²) in [5.74, 6) is 0.840. The van der Waals surface area contributed by atoms with E-state index in [4.69, 9.17) is 8.83 Å². The summed E-state index contributed by atoms with van der Waals surface area (Å²) in [5.41, 5.74) is 10.7. The van der Waals surface area contributed by atoms with Crippen LogP contribution < -0.4 is 0 Å². The van der Waals surface area contributed by atoms with Crippen LogP contribution in [0.3, 0.4) is 0 Å². The van der Waals surface area contributed by atoms with Gasteiger partial charge in [0.15, 0.2) is 0 Å². The van der Waals surface area contributed by atoms with Crippen molar-refractivity contribution in [2.24, 2.45) is 0 Å². The number of rotatable bonds is 4. The minimum absolute atomic E-state index is 0.840. The largest absolute Gasteiger partial charge is 0.456 e. The highest BCUT2D eigenvalue weighted by Gasteiger charge is 2.24. The Morgan fingerprint density at radius 1 is 0.271 bits per heavy atom. The van der Waals surface area contributed by atoms with Gasteiger partial charge < -0.3 is 8.83 Å². The van der Waals surface area contributed by atoms with Crippen molar-refractivity contribution in [3.05, 3.63) is 170 Å². The molecule has 10 rings (SSSR count). The third-order valence-corrected chi connectivity index (χ3v) is 9.69. The molecule has 0 aliphatic rings. The molecule has 0 saturated heterocycles. The normalized spacial score (nSPS) is 11.8. The molecule has 0 saturated carbocycles. The summed E-state index contributed by atoms with van der Waals surface area (Å²) in [7, 11) is 0. The molecule has 10 aromatic rings. The monoisotopic (exact) mass is 612 g/mol. The smallest absolute Gasteiger partial charge is 0.144 e. The van der Waals surface area contributed by atoms with Crippen molar-refractivity contribution in [1.82, 2.24) is 0 Å². The van der Waals surface area contributed by atoms with E-state index in [9.17, 15) is 0 Å². The van der Waals surface area contributed by atoms with Crippen LogP contribution in [0.5, 0.6) is 0 Å². The molecule has 0 aliphatic carbocycles. The van der Waals surface area contributed by atoms with Crippen LogP contribution in [0.25, 0.3) is 99.2 Å². The predicted molar refractivity (Wildman–Crippen MR) is 200 cm³/mol. The average Bonchev–Trinajstić information content (AvgIpc) is 3.76. The van der Waals surface area contributed by atoms with E-state index < -0.39 is 0 Å². The van der Waals surface area contributed by atoms with Crippen LogP contribution in [-0.4, -0.2) is 0 Å². The van der Waals surface area contributed by atoms with Gasteiger partial charge in [-0.05, 0) is 62.0 Å². The fourth-order valence-corrected chi connectivity index (χ4v) is 7.52. The highest BCUT2D eigenvalue weighted by molar-refractivity contribution is 6.28. The van der Waals surface area contributed by atoms with Gasteiger partial charge >= 0.3 is 0 Å². The van der Waals surface area contributed by atoms with Gasteiger partial charge in [0, 0.05) is 32.8 Å². The second kappa shape index (κ2) is 10.6. The highest BCUT2D eigenvalue weighted by Crippen LogP contribution is 2.50. The SMILES string of the molecule is c1ccc(-c2ccc(-c3c4ccccc4c(-c4c5cc(-c6ccccc6)oc5cc5c4oc4ccccc45)c4ccccc34)cc2)cc1. The van der Waals surface area contributed by atoms with Gasteiger partial charge in [0.2, 0.25) is 0 Å². The Labute approximate surface area is 277 Å². The Bertz CT molecular complexity index is 2750. The quantitative estimate of drug-likeness (QED) is 0.185. The van der Waals surface area contributed by atoms with Crippen molar-refractivity contribution in [2.75, 3.05) is 0 Å². The first-order valence-corrected chi connectivity index (χ1v) is 16.3. The Morgan fingerprint density at radius 3 is 1.42 bits per heavy atom. The van der Waals surface area contributed by atoms with Crippen molar-refractivity contribution in [3.8, 4) is 44.7 Å². The third-order valence-electron chi connectivity index (χ3n) is 9.69. The first-order chi connectivity index (χ1) is 23.8. The predicted octanol–water partition coefficient (Wildman–Crippen LogP) is 13.3. The van der Waals surface area contributed by atoms with Crippen LogP contribution in [0.1, 0.15) is 0 Å². The molecule has 2 nitrogen and oxygen atoms in total. The van der Waals surface area contributed by atoms with Crippen LogP contribution in [0.2, 0.25) is 0 Å².